The second-order valence-electron chi connectivity index (χ2n) is 4.04. The molecule has 0 amide bonds. The molecule has 0 bridgehead atoms. The van der Waals surface area contributed by atoms with E-state index in [-0.39, 0.29) is 0 Å². The van der Waals surface area contributed by atoms with Crippen molar-refractivity contribution in [2.24, 2.45) is 0 Å². The highest BCUT2D eigenvalue weighted by Gasteiger charge is 2.03. The quantitative estimate of drug-likeness (QED) is 0.847. The minimum atomic E-state index is 0.466. The Balaban J connectivity index is 2.03. The predicted octanol–water partition coefficient (Wildman–Crippen LogP) is 3.91. The van der Waals surface area contributed by atoms with E-state index in [2.05, 4.69) is 42.2 Å². The van der Waals surface area contributed by atoms with Gasteiger partial charge in [-0.1, -0.05) is 15.9 Å². The number of ether oxygens (including phenoxy) is 1. The SMILES string of the molecule is CNCc1cc(OCc2ccc(Br)cn2)ccc1Br. The summed E-state index contributed by atoms with van der Waals surface area (Å²) in [6.07, 6.45) is 1.77. The molecule has 1 N–H and O–H groups in total. The maximum atomic E-state index is 5.75. The third kappa shape index (κ3) is 4.30. The zero-order valence-electron chi connectivity index (χ0n) is 10.5. The lowest BCUT2D eigenvalue weighted by Gasteiger charge is -2.09. The third-order valence-corrected chi connectivity index (χ3v) is 3.80. The van der Waals surface area contributed by atoms with Crippen molar-refractivity contribution in [1.82, 2.24) is 10.3 Å². The van der Waals surface area contributed by atoms with Crippen LogP contribution in [0.3, 0.4) is 0 Å². The van der Waals surface area contributed by atoms with Crippen LogP contribution in [-0.4, -0.2) is 12.0 Å². The number of benzene rings is 1. The molecule has 5 heteroatoms. The van der Waals surface area contributed by atoms with E-state index >= 15 is 0 Å². The normalized spacial score (nSPS) is 10.5. The molecule has 0 spiro atoms. The number of hydrogen-bond donors (Lipinski definition) is 1. The van der Waals surface area contributed by atoms with Gasteiger partial charge < -0.3 is 10.1 Å². The van der Waals surface area contributed by atoms with Crippen LogP contribution in [0.4, 0.5) is 0 Å². The Bertz CT molecular complexity index is 544. The van der Waals surface area contributed by atoms with Crippen LogP contribution >= 0.6 is 31.9 Å². The smallest absolute Gasteiger partial charge is 0.130 e. The van der Waals surface area contributed by atoms with E-state index < -0.39 is 0 Å². The Morgan fingerprint density at radius 3 is 2.74 bits per heavy atom. The van der Waals surface area contributed by atoms with Gasteiger partial charge in [-0.25, -0.2) is 0 Å². The van der Waals surface area contributed by atoms with E-state index in [9.17, 15) is 0 Å². The highest BCUT2D eigenvalue weighted by atomic mass is 79.9. The van der Waals surface area contributed by atoms with Crippen LogP contribution in [-0.2, 0) is 13.2 Å². The molecule has 2 aromatic rings. The van der Waals surface area contributed by atoms with Crippen molar-refractivity contribution < 1.29 is 4.74 Å². The summed E-state index contributed by atoms with van der Waals surface area (Å²) >= 11 is 6.88. The molecule has 1 aromatic carbocycles. The fourth-order valence-electron chi connectivity index (χ4n) is 1.62. The summed E-state index contributed by atoms with van der Waals surface area (Å²) in [6.45, 7) is 1.27. The van der Waals surface area contributed by atoms with Crippen molar-refractivity contribution in [1.29, 1.82) is 0 Å². The lowest BCUT2D eigenvalue weighted by Crippen LogP contribution is -2.06. The third-order valence-electron chi connectivity index (χ3n) is 2.56. The highest BCUT2D eigenvalue weighted by Crippen LogP contribution is 2.23. The van der Waals surface area contributed by atoms with Gasteiger partial charge in [0.25, 0.3) is 0 Å². The van der Waals surface area contributed by atoms with Gasteiger partial charge in [-0.3, -0.25) is 4.98 Å². The zero-order valence-corrected chi connectivity index (χ0v) is 13.7. The monoisotopic (exact) mass is 384 g/mol. The molecule has 0 atom stereocenters. The van der Waals surface area contributed by atoms with Crippen LogP contribution in [0, 0.1) is 0 Å². The Morgan fingerprint density at radius 1 is 1.21 bits per heavy atom. The number of rotatable bonds is 5. The minimum absolute atomic E-state index is 0.466. The van der Waals surface area contributed by atoms with E-state index in [0.717, 1.165) is 26.9 Å². The lowest BCUT2D eigenvalue weighted by atomic mass is 10.2. The Labute approximate surface area is 129 Å². The average Bonchev–Trinajstić information content (AvgIpc) is 2.42. The second kappa shape index (κ2) is 7.03. The van der Waals surface area contributed by atoms with Gasteiger partial charge in [-0.05, 0) is 58.9 Å². The van der Waals surface area contributed by atoms with Crippen LogP contribution < -0.4 is 10.1 Å². The number of aromatic nitrogens is 1. The molecule has 100 valence electrons. The number of pyridine rings is 1. The first-order chi connectivity index (χ1) is 9.19. The minimum Gasteiger partial charge on any atom is -0.487 e. The fraction of sp³-hybridized carbons (Fsp3) is 0.214. The van der Waals surface area contributed by atoms with Crippen molar-refractivity contribution in [2.45, 2.75) is 13.2 Å². The molecular formula is C14H14Br2N2O. The number of halogens is 2. The van der Waals surface area contributed by atoms with Crippen LogP contribution in [0.1, 0.15) is 11.3 Å². The van der Waals surface area contributed by atoms with E-state index in [0.29, 0.717) is 6.61 Å². The Hall–Kier alpha value is -0.910. The van der Waals surface area contributed by atoms with Crippen molar-refractivity contribution >= 4 is 31.9 Å². The molecule has 0 aliphatic carbocycles. The van der Waals surface area contributed by atoms with Gasteiger partial charge in [-0.2, -0.15) is 0 Å². The summed E-state index contributed by atoms with van der Waals surface area (Å²) in [4.78, 5) is 4.28. The largest absolute Gasteiger partial charge is 0.487 e. The molecule has 0 aliphatic heterocycles. The van der Waals surface area contributed by atoms with Crippen LogP contribution in [0.2, 0.25) is 0 Å². The Kier molecular flexibility index (Phi) is 5.36. The number of nitrogens with one attached hydrogen (secondary N) is 1. The first-order valence-corrected chi connectivity index (χ1v) is 7.44. The topological polar surface area (TPSA) is 34.1 Å². The first kappa shape index (κ1) is 14.5. The molecule has 0 saturated carbocycles. The zero-order chi connectivity index (χ0) is 13.7. The van der Waals surface area contributed by atoms with Gasteiger partial charge in [0, 0.05) is 21.7 Å². The van der Waals surface area contributed by atoms with Crippen molar-refractivity contribution in [3.8, 4) is 5.75 Å². The van der Waals surface area contributed by atoms with Crippen LogP contribution in [0.5, 0.6) is 5.75 Å². The number of hydrogen-bond acceptors (Lipinski definition) is 3. The highest BCUT2D eigenvalue weighted by molar-refractivity contribution is 9.10. The van der Waals surface area contributed by atoms with E-state index in [1.807, 2.05) is 37.4 Å². The molecule has 2 rings (SSSR count). The van der Waals surface area contributed by atoms with Crippen molar-refractivity contribution in [2.75, 3.05) is 7.05 Å². The van der Waals surface area contributed by atoms with E-state index in [1.165, 1.54) is 5.56 Å². The molecule has 0 radical (unpaired) electrons. The van der Waals surface area contributed by atoms with Gasteiger partial charge in [-0.15, -0.1) is 0 Å². The molecule has 1 aromatic heterocycles. The van der Waals surface area contributed by atoms with Crippen LogP contribution in [0.25, 0.3) is 0 Å². The maximum absolute atomic E-state index is 5.75. The first-order valence-electron chi connectivity index (χ1n) is 5.85. The van der Waals surface area contributed by atoms with Gasteiger partial charge >= 0.3 is 0 Å². The summed E-state index contributed by atoms with van der Waals surface area (Å²) in [5.41, 5.74) is 2.07. The molecule has 0 fully saturated rings. The summed E-state index contributed by atoms with van der Waals surface area (Å²) in [7, 11) is 1.92. The number of nitrogens with zero attached hydrogens (tertiary/aromatic N) is 1. The standard InChI is InChI=1S/C14H14Br2N2O/c1-17-7-10-6-13(4-5-14(10)16)19-9-12-3-2-11(15)8-18-12/h2-6,8,17H,7,9H2,1H3. The molecule has 0 saturated heterocycles. The molecule has 19 heavy (non-hydrogen) atoms. The average molecular weight is 386 g/mol. The van der Waals surface area contributed by atoms with Crippen molar-refractivity contribution in [3.05, 3.63) is 56.7 Å². The Morgan fingerprint density at radius 2 is 2.05 bits per heavy atom. The summed E-state index contributed by atoms with van der Waals surface area (Å²) < 4.78 is 7.80. The summed E-state index contributed by atoms with van der Waals surface area (Å²) in [6, 6.07) is 9.87. The van der Waals surface area contributed by atoms with Crippen molar-refractivity contribution in [3.63, 3.8) is 0 Å². The molecule has 3 nitrogen and oxygen atoms in total. The fourth-order valence-corrected chi connectivity index (χ4v) is 2.24. The van der Waals surface area contributed by atoms with Gasteiger partial charge in [0.15, 0.2) is 0 Å². The predicted molar refractivity (Wildman–Crippen MR) is 83.2 cm³/mol. The molecular weight excluding hydrogens is 372 g/mol. The molecule has 0 aliphatic rings. The summed E-state index contributed by atoms with van der Waals surface area (Å²) in [5, 5.41) is 3.13. The van der Waals surface area contributed by atoms with Gasteiger partial charge in [0.1, 0.15) is 12.4 Å². The van der Waals surface area contributed by atoms with Gasteiger partial charge in [0.05, 0.1) is 5.69 Å². The van der Waals surface area contributed by atoms with E-state index in [1.54, 1.807) is 6.20 Å². The van der Waals surface area contributed by atoms with Gasteiger partial charge in [0.2, 0.25) is 0 Å². The lowest BCUT2D eigenvalue weighted by molar-refractivity contribution is 0.301. The second-order valence-corrected chi connectivity index (χ2v) is 5.81. The maximum Gasteiger partial charge on any atom is 0.130 e. The molecule has 0 unspecified atom stereocenters. The summed E-state index contributed by atoms with van der Waals surface area (Å²) in [5.74, 6) is 0.846. The molecule has 1 heterocycles. The van der Waals surface area contributed by atoms with Crippen LogP contribution in [0.15, 0.2) is 45.5 Å². The van der Waals surface area contributed by atoms with E-state index in [4.69, 9.17) is 4.74 Å².